The van der Waals surface area contributed by atoms with Crippen molar-refractivity contribution >= 4 is 18.0 Å². The molecule has 0 radical (unpaired) electrons. The Balaban J connectivity index is 1.62. The third-order valence-electron chi connectivity index (χ3n) is 5.55. The summed E-state index contributed by atoms with van der Waals surface area (Å²) in [6.07, 6.45) is -0.495. The van der Waals surface area contributed by atoms with Gasteiger partial charge in [-0.25, -0.2) is 4.79 Å². The fourth-order valence-corrected chi connectivity index (χ4v) is 3.94. The minimum atomic E-state index is -1.01. The van der Waals surface area contributed by atoms with Crippen LogP contribution in [0.2, 0.25) is 0 Å². The Bertz CT molecular complexity index is 931. The van der Waals surface area contributed by atoms with E-state index in [0.29, 0.717) is 6.42 Å². The summed E-state index contributed by atoms with van der Waals surface area (Å²) in [4.78, 5) is 36.0. The first kappa shape index (κ1) is 23.3. The van der Waals surface area contributed by atoms with Crippen molar-refractivity contribution in [1.29, 1.82) is 0 Å². The number of carboxylic acids is 1. The zero-order chi connectivity index (χ0) is 23.1. The smallest absolute Gasteiger partial charge is 0.407 e. The Morgan fingerprint density at radius 1 is 1.00 bits per heavy atom. The Kier molecular flexibility index (Phi) is 7.83. The molecule has 8 nitrogen and oxygen atoms in total. The highest BCUT2D eigenvalue weighted by Gasteiger charge is 2.30. The number of aliphatic carboxylic acids is 1. The number of amides is 2. The molecule has 2 aromatic rings. The number of alkyl carbamates (subject to hydrolysis) is 1. The molecule has 3 rings (SSSR count). The van der Waals surface area contributed by atoms with E-state index in [1.54, 1.807) is 6.92 Å². The molecule has 2 aromatic carbocycles. The van der Waals surface area contributed by atoms with Crippen molar-refractivity contribution in [3.05, 3.63) is 59.7 Å². The Hall–Kier alpha value is -3.39. The summed E-state index contributed by atoms with van der Waals surface area (Å²) in [5.41, 5.74) is 4.43. The quantitative estimate of drug-likeness (QED) is 0.524. The van der Waals surface area contributed by atoms with Gasteiger partial charge < -0.3 is 25.2 Å². The Labute approximate surface area is 186 Å². The largest absolute Gasteiger partial charge is 0.481 e. The van der Waals surface area contributed by atoms with Gasteiger partial charge in [0.05, 0.1) is 13.0 Å². The van der Waals surface area contributed by atoms with E-state index in [-0.39, 0.29) is 25.6 Å². The standard InChI is InChI=1S/C24H28N2O6/c1-3-15(12-22(27)28)25-23(29)21(14-31-2)26-24(30)32-13-20-18-10-6-4-8-16(18)17-9-5-7-11-19(17)20/h4-11,15,20-21H,3,12-14H2,1-2H3,(H,25,29)(H,26,30)(H,27,28)/t15?,21-/m0/s1. The van der Waals surface area contributed by atoms with Crippen molar-refractivity contribution in [3.8, 4) is 11.1 Å². The maximum Gasteiger partial charge on any atom is 0.407 e. The molecule has 1 aliphatic carbocycles. The monoisotopic (exact) mass is 440 g/mol. The Morgan fingerprint density at radius 2 is 1.59 bits per heavy atom. The topological polar surface area (TPSA) is 114 Å². The molecule has 0 saturated heterocycles. The molecule has 0 aliphatic heterocycles. The zero-order valence-corrected chi connectivity index (χ0v) is 18.2. The molecule has 0 fully saturated rings. The number of hydrogen-bond acceptors (Lipinski definition) is 5. The summed E-state index contributed by atoms with van der Waals surface area (Å²) in [5, 5.41) is 14.1. The van der Waals surface area contributed by atoms with Gasteiger partial charge in [0, 0.05) is 19.1 Å². The van der Waals surface area contributed by atoms with Crippen LogP contribution in [0.25, 0.3) is 11.1 Å². The van der Waals surface area contributed by atoms with Crippen molar-refractivity contribution < 1.29 is 29.0 Å². The lowest BCUT2D eigenvalue weighted by Gasteiger charge is -2.22. The molecule has 0 bridgehead atoms. The van der Waals surface area contributed by atoms with E-state index in [9.17, 15) is 14.4 Å². The second kappa shape index (κ2) is 10.8. The maximum atomic E-state index is 12.6. The van der Waals surface area contributed by atoms with Crippen LogP contribution in [0.4, 0.5) is 4.79 Å². The highest BCUT2D eigenvalue weighted by atomic mass is 16.5. The van der Waals surface area contributed by atoms with Crippen LogP contribution in [-0.4, -0.2) is 55.5 Å². The molecule has 8 heteroatoms. The van der Waals surface area contributed by atoms with Gasteiger partial charge in [-0.3, -0.25) is 9.59 Å². The molecule has 3 N–H and O–H groups in total. The van der Waals surface area contributed by atoms with E-state index in [2.05, 4.69) is 22.8 Å². The summed E-state index contributed by atoms with van der Waals surface area (Å²) in [7, 11) is 1.41. The summed E-state index contributed by atoms with van der Waals surface area (Å²) >= 11 is 0. The number of benzene rings is 2. The van der Waals surface area contributed by atoms with Gasteiger partial charge in [0.2, 0.25) is 5.91 Å². The molecule has 2 atom stereocenters. The number of carbonyl (C=O) groups is 3. The molecule has 0 spiro atoms. The molecule has 0 saturated carbocycles. The third kappa shape index (κ3) is 5.45. The third-order valence-corrected chi connectivity index (χ3v) is 5.55. The number of hydrogen-bond donors (Lipinski definition) is 3. The van der Waals surface area contributed by atoms with Crippen LogP contribution in [0.15, 0.2) is 48.5 Å². The van der Waals surface area contributed by atoms with Crippen LogP contribution in [-0.2, 0) is 19.1 Å². The van der Waals surface area contributed by atoms with E-state index < -0.39 is 30.1 Å². The van der Waals surface area contributed by atoms with E-state index in [1.807, 2.05) is 36.4 Å². The fourth-order valence-electron chi connectivity index (χ4n) is 3.94. The average molecular weight is 440 g/mol. The van der Waals surface area contributed by atoms with Gasteiger partial charge in [-0.1, -0.05) is 55.5 Å². The molecule has 0 heterocycles. The van der Waals surface area contributed by atoms with Crippen LogP contribution in [0.1, 0.15) is 36.8 Å². The minimum absolute atomic E-state index is 0.0699. The highest BCUT2D eigenvalue weighted by Crippen LogP contribution is 2.44. The van der Waals surface area contributed by atoms with E-state index >= 15 is 0 Å². The lowest BCUT2D eigenvalue weighted by Crippen LogP contribution is -2.52. The van der Waals surface area contributed by atoms with E-state index in [4.69, 9.17) is 14.6 Å². The molecule has 1 unspecified atom stereocenters. The summed E-state index contributed by atoms with van der Waals surface area (Å²) < 4.78 is 10.5. The minimum Gasteiger partial charge on any atom is -0.481 e. The van der Waals surface area contributed by atoms with Crippen LogP contribution in [0, 0.1) is 0 Å². The van der Waals surface area contributed by atoms with Crippen LogP contribution >= 0.6 is 0 Å². The van der Waals surface area contributed by atoms with Crippen molar-refractivity contribution in [2.75, 3.05) is 20.3 Å². The lowest BCUT2D eigenvalue weighted by molar-refractivity contribution is -0.137. The van der Waals surface area contributed by atoms with Crippen molar-refractivity contribution in [2.45, 2.75) is 37.8 Å². The molecule has 1 aliphatic rings. The van der Waals surface area contributed by atoms with Gasteiger partial charge in [0.25, 0.3) is 0 Å². The van der Waals surface area contributed by atoms with Crippen LogP contribution in [0.3, 0.4) is 0 Å². The number of methoxy groups -OCH3 is 1. The van der Waals surface area contributed by atoms with E-state index in [0.717, 1.165) is 22.3 Å². The van der Waals surface area contributed by atoms with Gasteiger partial charge in [-0.05, 0) is 28.7 Å². The Morgan fingerprint density at radius 3 is 2.12 bits per heavy atom. The van der Waals surface area contributed by atoms with Gasteiger partial charge in [0.1, 0.15) is 12.6 Å². The predicted octanol–water partition coefficient (Wildman–Crippen LogP) is 2.91. The van der Waals surface area contributed by atoms with Crippen LogP contribution < -0.4 is 10.6 Å². The molecular weight excluding hydrogens is 412 g/mol. The first-order valence-corrected chi connectivity index (χ1v) is 10.6. The van der Waals surface area contributed by atoms with E-state index in [1.165, 1.54) is 7.11 Å². The summed E-state index contributed by atoms with van der Waals surface area (Å²) in [5.74, 6) is -1.62. The van der Waals surface area contributed by atoms with Gasteiger partial charge >= 0.3 is 12.1 Å². The average Bonchev–Trinajstić information content (AvgIpc) is 3.10. The van der Waals surface area contributed by atoms with Gasteiger partial charge in [0.15, 0.2) is 0 Å². The second-order valence-electron chi connectivity index (χ2n) is 7.69. The molecule has 2 amide bonds. The first-order valence-electron chi connectivity index (χ1n) is 10.6. The maximum absolute atomic E-state index is 12.6. The number of ether oxygens (including phenoxy) is 2. The number of fused-ring (bicyclic) bond motifs is 3. The van der Waals surface area contributed by atoms with Gasteiger partial charge in [-0.15, -0.1) is 0 Å². The zero-order valence-electron chi connectivity index (χ0n) is 18.2. The summed E-state index contributed by atoms with van der Waals surface area (Å²) in [6, 6.07) is 14.5. The SMILES string of the molecule is CCC(CC(=O)O)NC(=O)[C@H](COC)NC(=O)OCC1c2ccccc2-c2ccccc21. The molecule has 170 valence electrons. The number of carboxylic acid groups (broad SMARTS) is 1. The number of nitrogens with one attached hydrogen (secondary N) is 2. The van der Waals surface area contributed by atoms with Crippen molar-refractivity contribution in [2.24, 2.45) is 0 Å². The molecule has 0 aromatic heterocycles. The molecular formula is C24H28N2O6. The van der Waals surface area contributed by atoms with Gasteiger partial charge in [-0.2, -0.15) is 0 Å². The fraction of sp³-hybridized carbons (Fsp3) is 0.375. The van der Waals surface area contributed by atoms with Crippen molar-refractivity contribution in [3.63, 3.8) is 0 Å². The highest BCUT2D eigenvalue weighted by molar-refractivity contribution is 5.86. The number of rotatable bonds is 10. The normalized spacial score (nSPS) is 14.1. The van der Waals surface area contributed by atoms with Crippen LogP contribution in [0.5, 0.6) is 0 Å². The molecule has 32 heavy (non-hydrogen) atoms. The lowest BCUT2D eigenvalue weighted by atomic mass is 9.98. The predicted molar refractivity (Wildman–Crippen MR) is 118 cm³/mol. The summed E-state index contributed by atoms with van der Waals surface area (Å²) in [6.45, 7) is 1.83. The first-order chi connectivity index (χ1) is 15.4. The number of carbonyl (C=O) groups excluding carboxylic acids is 2. The second-order valence-corrected chi connectivity index (χ2v) is 7.69. The van der Waals surface area contributed by atoms with Crippen molar-refractivity contribution in [1.82, 2.24) is 10.6 Å².